The number of aliphatic carboxylic acids is 1. The lowest BCUT2D eigenvalue weighted by Crippen LogP contribution is -2.50. The topological polar surface area (TPSA) is 173 Å². The lowest BCUT2D eigenvalue weighted by Gasteiger charge is -2.39. The molecule has 0 unspecified atom stereocenters. The van der Waals surface area contributed by atoms with Crippen LogP contribution in [0.1, 0.15) is 134 Å². The Morgan fingerprint density at radius 3 is 2.28 bits per heavy atom. The van der Waals surface area contributed by atoms with Crippen LogP contribution in [0.5, 0.6) is 0 Å². The molecule has 1 aliphatic rings. The summed E-state index contributed by atoms with van der Waals surface area (Å²) < 4.78 is 11.6. The van der Waals surface area contributed by atoms with Crippen LogP contribution in [0.25, 0.3) is 0 Å². The van der Waals surface area contributed by atoms with Crippen molar-refractivity contribution in [2.24, 2.45) is 29.6 Å². The summed E-state index contributed by atoms with van der Waals surface area (Å²) in [6.07, 6.45) is 3.32. The van der Waals surface area contributed by atoms with E-state index in [1.165, 1.54) is 11.8 Å². The second kappa shape index (κ2) is 23.4. The number of amides is 2. The van der Waals surface area contributed by atoms with Gasteiger partial charge in [0.05, 0.1) is 12.0 Å². The number of Topliss-reactive ketones (excluding diaryl/α,β-unsaturated/α-hetero) is 1. The summed E-state index contributed by atoms with van der Waals surface area (Å²) in [5, 5.41) is 14.5. The molecule has 1 aromatic carbocycles. The Morgan fingerprint density at radius 2 is 1.69 bits per heavy atom. The summed E-state index contributed by atoms with van der Waals surface area (Å²) in [5.41, 5.74) is 1.02. The van der Waals surface area contributed by atoms with E-state index in [1.807, 2.05) is 78.9 Å². The zero-order valence-corrected chi connectivity index (χ0v) is 36.7. The van der Waals surface area contributed by atoms with Crippen LogP contribution in [0, 0.1) is 29.6 Å². The van der Waals surface area contributed by atoms with Crippen LogP contribution < -0.4 is 5.32 Å². The number of nitrogens with zero attached hydrogens (tertiary/aromatic N) is 3. The number of rotatable bonds is 23. The highest BCUT2D eigenvalue weighted by Gasteiger charge is 2.39. The zero-order valence-electron chi connectivity index (χ0n) is 35.9. The molecule has 2 amide bonds. The smallest absolute Gasteiger partial charge is 0.307 e. The Hall–Kier alpha value is -4.17. The first kappa shape index (κ1) is 48.2. The predicted molar refractivity (Wildman–Crippen MR) is 223 cm³/mol. The molecule has 0 spiro atoms. The SMILES string of the molecule is CC[C@H](C)[C@H](CC(=O)[C@H]1CCCCN1C)C(=O)N(COC(=O)CC(C)C)[C@H](C[C@@H](OC(C)=O)c1nc(C(=O)N[C@@H](Cc2ccccc2)C[C@H](C)C(=O)O)cs1)C(C)C. The lowest BCUT2D eigenvalue weighted by atomic mass is 9.82. The van der Waals surface area contributed by atoms with Crippen molar-refractivity contribution < 1.29 is 43.3 Å². The van der Waals surface area contributed by atoms with Crippen molar-refractivity contribution in [2.75, 3.05) is 20.3 Å². The molecule has 1 saturated heterocycles. The van der Waals surface area contributed by atoms with E-state index in [-0.39, 0.29) is 73.6 Å². The maximum Gasteiger partial charge on any atom is 0.307 e. The number of benzene rings is 1. The van der Waals surface area contributed by atoms with Gasteiger partial charge < -0.3 is 24.8 Å². The number of carbonyl (C=O) groups is 6. The third-order valence-corrected chi connectivity index (χ3v) is 12.1. The summed E-state index contributed by atoms with van der Waals surface area (Å²) in [5.74, 6) is -4.50. The first-order valence-corrected chi connectivity index (χ1v) is 21.7. The number of likely N-dealkylation sites (tertiary alicyclic amines) is 1. The number of esters is 2. The molecule has 2 aromatic rings. The van der Waals surface area contributed by atoms with E-state index in [4.69, 9.17) is 9.47 Å². The van der Waals surface area contributed by atoms with Gasteiger partial charge in [0.15, 0.2) is 18.6 Å². The lowest BCUT2D eigenvalue weighted by molar-refractivity contribution is -0.162. The average Bonchev–Trinajstić information content (AvgIpc) is 3.66. The van der Waals surface area contributed by atoms with E-state index in [0.29, 0.717) is 17.8 Å². The first-order valence-electron chi connectivity index (χ1n) is 20.8. The highest BCUT2D eigenvalue weighted by molar-refractivity contribution is 7.09. The van der Waals surface area contributed by atoms with Crippen LogP contribution in [-0.4, -0.2) is 93.8 Å². The molecular formula is C44H66N4O9S. The quantitative estimate of drug-likeness (QED) is 0.0865. The van der Waals surface area contributed by atoms with Crippen molar-refractivity contribution in [3.8, 4) is 0 Å². The summed E-state index contributed by atoms with van der Waals surface area (Å²) in [6.45, 7) is 15.0. The number of hydrogen-bond acceptors (Lipinski definition) is 11. The van der Waals surface area contributed by atoms with Gasteiger partial charge >= 0.3 is 17.9 Å². The van der Waals surface area contributed by atoms with E-state index in [0.717, 1.165) is 42.7 Å². The van der Waals surface area contributed by atoms with Crippen molar-refractivity contribution >= 4 is 46.8 Å². The van der Waals surface area contributed by atoms with Gasteiger partial charge in [-0.25, -0.2) is 4.98 Å². The summed E-state index contributed by atoms with van der Waals surface area (Å²) in [6, 6.07) is 8.09. The highest BCUT2D eigenvalue weighted by Crippen LogP contribution is 2.34. The van der Waals surface area contributed by atoms with Crippen molar-refractivity contribution in [1.29, 1.82) is 0 Å². The molecule has 0 saturated carbocycles. The number of piperidine rings is 1. The van der Waals surface area contributed by atoms with Gasteiger partial charge in [-0.05, 0) is 62.6 Å². The fourth-order valence-electron chi connectivity index (χ4n) is 7.52. The van der Waals surface area contributed by atoms with Crippen LogP contribution in [0.4, 0.5) is 0 Å². The second-order valence-corrected chi connectivity index (χ2v) is 17.6. The van der Waals surface area contributed by atoms with E-state index in [1.54, 1.807) is 12.3 Å². The minimum absolute atomic E-state index is 0.0218. The number of nitrogens with one attached hydrogen (secondary N) is 1. The molecule has 3 rings (SSSR count). The summed E-state index contributed by atoms with van der Waals surface area (Å²) >= 11 is 1.13. The van der Waals surface area contributed by atoms with Crippen LogP contribution in [0.2, 0.25) is 0 Å². The van der Waals surface area contributed by atoms with E-state index in [2.05, 4.69) is 15.2 Å². The van der Waals surface area contributed by atoms with Gasteiger partial charge in [0.1, 0.15) is 10.7 Å². The Labute approximate surface area is 348 Å². The zero-order chi connectivity index (χ0) is 43.1. The Bertz CT molecular complexity index is 1660. The molecule has 1 fully saturated rings. The van der Waals surface area contributed by atoms with Gasteiger partial charge in [-0.15, -0.1) is 11.3 Å². The molecule has 1 aromatic heterocycles. The van der Waals surface area contributed by atoms with Gasteiger partial charge in [0.2, 0.25) is 5.91 Å². The summed E-state index contributed by atoms with van der Waals surface area (Å²) in [4.78, 5) is 87.8. The van der Waals surface area contributed by atoms with Gasteiger partial charge in [0, 0.05) is 49.6 Å². The molecule has 0 aliphatic carbocycles. The Balaban J connectivity index is 1.96. The van der Waals surface area contributed by atoms with E-state index in [9.17, 15) is 33.9 Å². The fraction of sp³-hybridized carbons (Fsp3) is 0.659. The minimum Gasteiger partial charge on any atom is -0.481 e. The number of hydrogen-bond donors (Lipinski definition) is 2. The maximum atomic E-state index is 14.9. The van der Waals surface area contributed by atoms with Gasteiger partial charge in [-0.3, -0.25) is 33.7 Å². The number of carboxylic acids is 1. The molecule has 1 aliphatic heterocycles. The number of ether oxygens (including phenoxy) is 2. The normalized spacial score (nSPS) is 17.7. The van der Waals surface area contributed by atoms with Gasteiger partial charge in [0.25, 0.3) is 5.91 Å². The van der Waals surface area contributed by atoms with Crippen molar-refractivity contribution in [2.45, 2.75) is 137 Å². The minimum atomic E-state index is -0.968. The van der Waals surface area contributed by atoms with E-state index >= 15 is 0 Å². The first-order chi connectivity index (χ1) is 27.4. The van der Waals surface area contributed by atoms with Crippen LogP contribution in [0.3, 0.4) is 0 Å². The number of carboxylic acid groups (broad SMARTS) is 1. The number of ketones is 1. The van der Waals surface area contributed by atoms with Gasteiger partial charge in [-0.1, -0.05) is 91.6 Å². The second-order valence-electron chi connectivity index (χ2n) is 16.8. The van der Waals surface area contributed by atoms with Crippen molar-refractivity contribution in [3.05, 3.63) is 52.0 Å². The molecule has 0 bridgehead atoms. The maximum absolute atomic E-state index is 14.9. The summed E-state index contributed by atoms with van der Waals surface area (Å²) in [7, 11) is 1.95. The number of aromatic nitrogens is 1. The predicted octanol–water partition coefficient (Wildman–Crippen LogP) is 7.10. The fourth-order valence-corrected chi connectivity index (χ4v) is 8.36. The molecule has 7 atom stereocenters. The van der Waals surface area contributed by atoms with Gasteiger partial charge in [-0.2, -0.15) is 0 Å². The standard InChI is InChI=1S/C44H66N4O9S/c1-10-29(6)34(23-38(50)36-18-14-15-19-47(36)9)43(53)48(26-56-40(51)20-27(2)3)37(28(4)5)24-39(57-31(8)49)42-46-35(25-58-42)41(52)45-33(21-30(7)44(54)55)22-32-16-12-11-13-17-32/h11-13,16-17,25,27-30,33-34,36-37,39H,10,14-15,18-24,26H2,1-9H3,(H,45,52)(H,54,55)/t29-,30-,33+,34-,36+,37+,39+/m0/s1. The van der Waals surface area contributed by atoms with Crippen molar-refractivity contribution in [3.63, 3.8) is 0 Å². The van der Waals surface area contributed by atoms with Crippen LogP contribution in [-0.2, 0) is 39.9 Å². The van der Waals surface area contributed by atoms with Crippen LogP contribution in [0.15, 0.2) is 35.7 Å². The molecule has 14 heteroatoms. The molecular weight excluding hydrogens is 761 g/mol. The van der Waals surface area contributed by atoms with Crippen LogP contribution >= 0.6 is 11.3 Å². The molecule has 322 valence electrons. The largest absolute Gasteiger partial charge is 0.481 e. The van der Waals surface area contributed by atoms with Crippen molar-refractivity contribution in [1.82, 2.24) is 20.1 Å². The number of likely N-dealkylation sites (N-methyl/N-ethyl adjacent to an activating group) is 1. The molecule has 58 heavy (non-hydrogen) atoms. The Morgan fingerprint density at radius 1 is 1.00 bits per heavy atom. The Kier molecular flexibility index (Phi) is 19.5. The molecule has 2 N–H and O–H groups in total. The third kappa shape index (κ3) is 14.9. The average molecular weight is 827 g/mol. The molecule has 2 heterocycles. The highest BCUT2D eigenvalue weighted by atomic mass is 32.1. The van der Waals surface area contributed by atoms with E-state index < -0.39 is 53.8 Å². The number of thiazole rings is 1. The number of carbonyl (C=O) groups excluding carboxylic acids is 5. The third-order valence-electron chi connectivity index (χ3n) is 11.1. The monoisotopic (exact) mass is 826 g/mol. The molecule has 0 radical (unpaired) electrons. The molecule has 13 nitrogen and oxygen atoms in total.